The van der Waals surface area contributed by atoms with E-state index >= 15 is 0 Å². The van der Waals surface area contributed by atoms with Crippen LogP contribution in [-0.4, -0.2) is 16.2 Å². The summed E-state index contributed by atoms with van der Waals surface area (Å²) in [7, 11) is 0. The molecule has 2 N–H and O–H groups in total. The fourth-order valence-electron chi connectivity index (χ4n) is 2.02. The van der Waals surface area contributed by atoms with E-state index < -0.39 is 17.2 Å². The minimum Gasteiger partial charge on any atom is -0.508 e. The van der Waals surface area contributed by atoms with Crippen LogP contribution in [0.2, 0.25) is 5.02 Å². The van der Waals surface area contributed by atoms with E-state index in [9.17, 15) is 9.18 Å². The van der Waals surface area contributed by atoms with Crippen molar-refractivity contribution in [2.24, 2.45) is 0 Å². The maximum absolute atomic E-state index is 13.7. The Morgan fingerprint density at radius 3 is 2.56 bits per heavy atom. The highest BCUT2D eigenvalue weighted by Gasteiger charge is 2.49. The molecule has 1 aromatic carbocycles. The molecule has 0 bridgehead atoms. The summed E-state index contributed by atoms with van der Waals surface area (Å²) in [5, 5.41) is 18.0. The van der Waals surface area contributed by atoms with Crippen LogP contribution in [0.3, 0.4) is 0 Å². The number of phenolic OH excluding ortho intramolecular Hbond substituents is 1. The summed E-state index contributed by atoms with van der Waals surface area (Å²) in [6.45, 7) is 0. The molecular weight excluding hydrogens is 235 g/mol. The van der Waals surface area contributed by atoms with Crippen LogP contribution in [0.1, 0.15) is 24.8 Å². The Labute approximate surface area is 96.5 Å². The SMILES string of the molecule is O=C(O)CC1(c2c(F)cc(O)cc2Cl)CC1. The van der Waals surface area contributed by atoms with Gasteiger partial charge in [-0.15, -0.1) is 0 Å². The minimum atomic E-state index is -0.971. The number of carboxylic acid groups (broad SMARTS) is 1. The van der Waals surface area contributed by atoms with Gasteiger partial charge in [0.1, 0.15) is 11.6 Å². The second-order valence-electron chi connectivity index (χ2n) is 4.14. The maximum atomic E-state index is 13.7. The van der Waals surface area contributed by atoms with Crippen molar-refractivity contribution in [2.45, 2.75) is 24.7 Å². The largest absolute Gasteiger partial charge is 0.508 e. The lowest BCUT2D eigenvalue weighted by atomic mass is 9.92. The molecule has 1 saturated carbocycles. The van der Waals surface area contributed by atoms with Gasteiger partial charge in [0.25, 0.3) is 0 Å². The Kier molecular flexibility index (Phi) is 2.54. The molecular formula is C11H10ClFO3. The van der Waals surface area contributed by atoms with E-state index in [1.54, 1.807) is 0 Å². The summed E-state index contributed by atoms with van der Waals surface area (Å²) < 4.78 is 13.7. The molecule has 0 saturated heterocycles. The molecule has 0 atom stereocenters. The van der Waals surface area contributed by atoms with Crippen molar-refractivity contribution in [2.75, 3.05) is 0 Å². The van der Waals surface area contributed by atoms with Gasteiger partial charge in [-0.3, -0.25) is 4.79 Å². The van der Waals surface area contributed by atoms with Crippen molar-refractivity contribution in [3.05, 3.63) is 28.5 Å². The normalized spacial score (nSPS) is 17.1. The predicted molar refractivity (Wildman–Crippen MR) is 56.2 cm³/mol. The van der Waals surface area contributed by atoms with Gasteiger partial charge in [0.15, 0.2) is 0 Å². The van der Waals surface area contributed by atoms with Crippen LogP contribution in [-0.2, 0) is 10.2 Å². The van der Waals surface area contributed by atoms with Crippen molar-refractivity contribution in [3.8, 4) is 5.75 Å². The quantitative estimate of drug-likeness (QED) is 0.860. The van der Waals surface area contributed by atoms with Crippen LogP contribution < -0.4 is 0 Å². The molecule has 0 spiro atoms. The molecule has 0 heterocycles. The number of hydrogen-bond acceptors (Lipinski definition) is 2. The van der Waals surface area contributed by atoms with Gasteiger partial charge >= 0.3 is 5.97 Å². The number of hydrogen-bond donors (Lipinski definition) is 2. The summed E-state index contributed by atoms with van der Waals surface area (Å²) in [5.41, 5.74) is -0.463. The van der Waals surface area contributed by atoms with Crippen molar-refractivity contribution in [1.82, 2.24) is 0 Å². The molecule has 0 amide bonds. The number of carbonyl (C=O) groups is 1. The Morgan fingerprint density at radius 1 is 1.50 bits per heavy atom. The number of rotatable bonds is 3. The molecule has 3 nitrogen and oxygen atoms in total. The number of aliphatic carboxylic acids is 1. The molecule has 1 aliphatic rings. The molecule has 1 aliphatic carbocycles. The summed E-state index contributed by atoms with van der Waals surface area (Å²) in [5.74, 6) is -1.86. The fourth-order valence-corrected chi connectivity index (χ4v) is 2.42. The molecule has 0 aromatic heterocycles. The average Bonchev–Trinajstić information content (AvgIpc) is 2.81. The summed E-state index contributed by atoms with van der Waals surface area (Å²) in [4.78, 5) is 10.7. The number of halogens is 2. The Hall–Kier alpha value is -1.29. The Bertz CT molecular complexity index is 432. The molecule has 1 fully saturated rings. The first-order valence-corrected chi connectivity index (χ1v) is 5.23. The van der Waals surface area contributed by atoms with E-state index in [4.69, 9.17) is 21.8 Å². The zero-order chi connectivity index (χ0) is 11.9. The smallest absolute Gasteiger partial charge is 0.304 e. The molecule has 5 heteroatoms. The highest BCUT2D eigenvalue weighted by Crippen LogP contribution is 2.54. The molecule has 0 radical (unpaired) electrons. The van der Waals surface area contributed by atoms with Gasteiger partial charge < -0.3 is 10.2 Å². The van der Waals surface area contributed by atoms with E-state index in [0.717, 1.165) is 6.07 Å². The number of phenols is 1. The monoisotopic (exact) mass is 244 g/mol. The second kappa shape index (κ2) is 3.63. The van der Waals surface area contributed by atoms with E-state index in [1.807, 2.05) is 0 Å². The van der Waals surface area contributed by atoms with E-state index in [0.29, 0.717) is 12.8 Å². The lowest BCUT2D eigenvalue weighted by Crippen LogP contribution is -2.15. The van der Waals surface area contributed by atoms with Gasteiger partial charge in [-0.05, 0) is 18.9 Å². The summed E-state index contributed by atoms with van der Waals surface area (Å²) in [6.07, 6.45) is 1.09. The van der Waals surface area contributed by atoms with Crippen LogP contribution in [0.25, 0.3) is 0 Å². The van der Waals surface area contributed by atoms with Gasteiger partial charge in [0.2, 0.25) is 0 Å². The first-order chi connectivity index (χ1) is 7.44. The van der Waals surface area contributed by atoms with Crippen LogP contribution in [0.5, 0.6) is 5.75 Å². The van der Waals surface area contributed by atoms with E-state index in [1.165, 1.54) is 6.07 Å². The lowest BCUT2D eigenvalue weighted by molar-refractivity contribution is -0.137. The third-order valence-corrected chi connectivity index (χ3v) is 3.20. The molecule has 86 valence electrons. The van der Waals surface area contributed by atoms with Gasteiger partial charge in [0, 0.05) is 17.0 Å². The van der Waals surface area contributed by atoms with Gasteiger partial charge in [-0.25, -0.2) is 4.39 Å². The van der Waals surface area contributed by atoms with E-state index in [-0.39, 0.29) is 22.8 Å². The standard InChI is InChI=1S/C11H10ClFO3/c12-7-3-6(14)4-8(13)10(7)11(1-2-11)5-9(15)16/h3-4,14H,1-2,5H2,(H,15,16). The Balaban J connectivity index is 2.44. The van der Waals surface area contributed by atoms with Crippen molar-refractivity contribution in [3.63, 3.8) is 0 Å². The predicted octanol–water partition coefficient (Wildman–Crippen LogP) is 2.69. The third-order valence-electron chi connectivity index (χ3n) is 2.90. The van der Waals surface area contributed by atoms with Crippen LogP contribution in [0, 0.1) is 5.82 Å². The summed E-state index contributed by atoms with van der Waals surface area (Å²) >= 11 is 5.85. The Morgan fingerprint density at radius 2 is 2.12 bits per heavy atom. The summed E-state index contributed by atoms with van der Waals surface area (Å²) in [6, 6.07) is 2.20. The number of carboxylic acids is 1. The highest BCUT2D eigenvalue weighted by molar-refractivity contribution is 6.31. The number of aromatic hydroxyl groups is 1. The lowest BCUT2D eigenvalue weighted by Gasteiger charge is -2.16. The molecule has 2 rings (SSSR count). The molecule has 16 heavy (non-hydrogen) atoms. The van der Waals surface area contributed by atoms with Crippen LogP contribution >= 0.6 is 11.6 Å². The zero-order valence-corrected chi connectivity index (χ0v) is 9.09. The second-order valence-corrected chi connectivity index (χ2v) is 4.54. The average molecular weight is 245 g/mol. The van der Waals surface area contributed by atoms with Crippen molar-refractivity contribution >= 4 is 17.6 Å². The minimum absolute atomic E-state index is 0.0938. The van der Waals surface area contributed by atoms with Crippen LogP contribution in [0.15, 0.2) is 12.1 Å². The van der Waals surface area contributed by atoms with Gasteiger partial charge in [-0.2, -0.15) is 0 Å². The van der Waals surface area contributed by atoms with Gasteiger partial charge in [0.05, 0.1) is 11.4 Å². The van der Waals surface area contributed by atoms with Crippen LogP contribution in [0.4, 0.5) is 4.39 Å². The first-order valence-electron chi connectivity index (χ1n) is 4.85. The maximum Gasteiger partial charge on any atom is 0.304 e. The topological polar surface area (TPSA) is 57.5 Å². The zero-order valence-electron chi connectivity index (χ0n) is 8.33. The van der Waals surface area contributed by atoms with Crippen molar-refractivity contribution < 1.29 is 19.4 Å². The molecule has 0 unspecified atom stereocenters. The molecule has 1 aromatic rings. The highest BCUT2D eigenvalue weighted by atomic mass is 35.5. The third kappa shape index (κ3) is 1.85. The van der Waals surface area contributed by atoms with Crippen molar-refractivity contribution in [1.29, 1.82) is 0 Å². The fraction of sp³-hybridized carbons (Fsp3) is 0.364. The first kappa shape index (κ1) is 11.2. The number of benzene rings is 1. The van der Waals surface area contributed by atoms with E-state index in [2.05, 4.69) is 0 Å². The molecule has 0 aliphatic heterocycles. The van der Waals surface area contributed by atoms with Gasteiger partial charge in [-0.1, -0.05) is 11.6 Å².